The Morgan fingerprint density at radius 1 is 1.16 bits per heavy atom. The Bertz CT molecular complexity index is 906. The maximum atomic E-state index is 12.6. The molecule has 0 bridgehead atoms. The number of rotatable bonds is 3. The Morgan fingerprint density at radius 2 is 1.84 bits per heavy atom. The van der Waals surface area contributed by atoms with Crippen molar-refractivity contribution in [1.82, 2.24) is 4.57 Å². The van der Waals surface area contributed by atoms with Crippen molar-refractivity contribution in [3.05, 3.63) is 39.7 Å². The van der Waals surface area contributed by atoms with E-state index in [0.717, 1.165) is 55.5 Å². The van der Waals surface area contributed by atoms with E-state index in [1.54, 1.807) is 6.07 Å². The van der Waals surface area contributed by atoms with Gasteiger partial charge in [0.15, 0.2) is 0 Å². The second-order valence-corrected chi connectivity index (χ2v) is 7.14. The second-order valence-electron chi connectivity index (χ2n) is 7.14. The molecular weight excluding hydrogens is 320 g/mol. The van der Waals surface area contributed by atoms with Crippen LogP contribution in [0.1, 0.15) is 47.6 Å². The van der Waals surface area contributed by atoms with Crippen LogP contribution < -0.4 is 10.3 Å². The van der Waals surface area contributed by atoms with Gasteiger partial charge in [0.05, 0.1) is 11.6 Å². The number of carboxylic acids is 1. The molecule has 2 fully saturated rings. The number of pyridine rings is 1. The number of anilines is 1. The lowest BCUT2D eigenvalue weighted by molar-refractivity contribution is 0.0695. The van der Waals surface area contributed by atoms with Gasteiger partial charge >= 0.3 is 5.97 Å². The topological polar surface area (TPSA) is 82.8 Å². The number of hydrogen-bond donors (Lipinski definition) is 2. The van der Waals surface area contributed by atoms with Crippen molar-refractivity contribution in [1.29, 1.82) is 0 Å². The number of carboxylic acid groups (broad SMARTS) is 1. The Balaban J connectivity index is 1.91. The molecule has 1 aromatic carbocycles. The number of benzene rings is 1. The van der Waals surface area contributed by atoms with E-state index in [2.05, 4.69) is 4.90 Å². The molecule has 6 nitrogen and oxygen atoms in total. The fourth-order valence-corrected chi connectivity index (χ4v) is 3.86. The van der Waals surface area contributed by atoms with Crippen molar-refractivity contribution >= 4 is 22.6 Å². The van der Waals surface area contributed by atoms with E-state index in [0.29, 0.717) is 5.39 Å². The minimum Gasteiger partial charge on any atom is -0.477 e. The average Bonchev–Trinajstić information content (AvgIpc) is 3.41. The number of aliphatic hydroxyl groups is 1. The van der Waals surface area contributed by atoms with E-state index in [4.69, 9.17) is 0 Å². The van der Waals surface area contributed by atoms with Gasteiger partial charge in [-0.2, -0.15) is 0 Å². The summed E-state index contributed by atoms with van der Waals surface area (Å²) in [6.07, 6.45) is 4.78. The van der Waals surface area contributed by atoms with Gasteiger partial charge in [0.2, 0.25) is 5.43 Å². The van der Waals surface area contributed by atoms with Crippen LogP contribution >= 0.6 is 0 Å². The van der Waals surface area contributed by atoms with Crippen LogP contribution in [0, 0.1) is 6.92 Å². The standard InChI is InChI=1S/C19H22N2O4/c1-11-16(20-8-6-13(22)7-9-20)5-4-14-17(11)21(12-2-3-12)10-15(18(14)23)19(24)25/h4-5,10,12-13,22H,2-3,6-9H2,1H3,(H,24,25). The molecule has 0 unspecified atom stereocenters. The summed E-state index contributed by atoms with van der Waals surface area (Å²) in [5, 5.41) is 19.6. The summed E-state index contributed by atoms with van der Waals surface area (Å²) < 4.78 is 1.98. The molecule has 6 heteroatoms. The second kappa shape index (κ2) is 5.88. The fraction of sp³-hybridized carbons (Fsp3) is 0.474. The summed E-state index contributed by atoms with van der Waals surface area (Å²) >= 11 is 0. The first-order valence-corrected chi connectivity index (χ1v) is 8.82. The zero-order chi connectivity index (χ0) is 17.7. The highest BCUT2D eigenvalue weighted by Gasteiger charge is 2.28. The normalized spacial score (nSPS) is 18.7. The van der Waals surface area contributed by atoms with E-state index in [1.165, 1.54) is 6.20 Å². The molecule has 0 atom stereocenters. The molecular formula is C19H22N2O4. The van der Waals surface area contributed by atoms with Crippen LogP contribution in [0.5, 0.6) is 0 Å². The van der Waals surface area contributed by atoms with Crippen molar-refractivity contribution < 1.29 is 15.0 Å². The summed E-state index contributed by atoms with van der Waals surface area (Å²) in [6.45, 7) is 3.57. The van der Waals surface area contributed by atoms with E-state index >= 15 is 0 Å². The fourth-order valence-electron chi connectivity index (χ4n) is 3.86. The van der Waals surface area contributed by atoms with Crippen molar-refractivity contribution in [2.45, 2.75) is 44.8 Å². The van der Waals surface area contributed by atoms with Crippen molar-refractivity contribution in [2.24, 2.45) is 0 Å². The summed E-state index contributed by atoms with van der Waals surface area (Å²) in [5.41, 5.74) is 2.35. The molecule has 132 valence electrons. The van der Waals surface area contributed by atoms with E-state index in [-0.39, 0.29) is 17.7 Å². The quantitative estimate of drug-likeness (QED) is 0.894. The molecule has 0 radical (unpaired) electrons. The largest absolute Gasteiger partial charge is 0.477 e. The smallest absolute Gasteiger partial charge is 0.341 e. The number of aromatic carboxylic acids is 1. The first-order chi connectivity index (χ1) is 12.0. The van der Waals surface area contributed by atoms with Crippen LogP contribution in [0.4, 0.5) is 5.69 Å². The number of nitrogens with zero attached hydrogens (tertiary/aromatic N) is 2. The van der Waals surface area contributed by atoms with Crippen molar-refractivity contribution in [3.63, 3.8) is 0 Å². The van der Waals surface area contributed by atoms with Crippen molar-refractivity contribution in [2.75, 3.05) is 18.0 Å². The summed E-state index contributed by atoms with van der Waals surface area (Å²) in [6, 6.07) is 3.95. The highest BCUT2D eigenvalue weighted by molar-refractivity contribution is 5.95. The van der Waals surface area contributed by atoms with Gasteiger partial charge in [0.1, 0.15) is 5.56 Å². The van der Waals surface area contributed by atoms with Crippen LogP contribution in [0.25, 0.3) is 10.9 Å². The molecule has 2 aliphatic rings. The maximum Gasteiger partial charge on any atom is 0.341 e. The molecule has 2 heterocycles. The predicted molar refractivity (Wildman–Crippen MR) is 95.6 cm³/mol. The van der Waals surface area contributed by atoms with E-state index in [1.807, 2.05) is 17.6 Å². The Kier molecular flexibility index (Phi) is 3.80. The Hall–Kier alpha value is -2.34. The molecule has 25 heavy (non-hydrogen) atoms. The number of carbonyl (C=O) groups is 1. The van der Waals surface area contributed by atoms with E-state index in [9.17, 15) is 19.8 Å². The number of aryl methyl sites for hydroxylation is 1. The maximum absolute atomic E-state index is 12.6. The van der Waals surface area contributed by atoms with Gasteiger partial charge < -0.3 is 19.7 Å². The SMILES string of the molecule is Cc1c(N2CCC(O)CC2)ccc2c(=O)c(C(=O)O)cn(C3CC3)c12. The molecule has 4 rings (SSSR count). The van der Waals surface area contributed by atoms with Gasteiger partial charge in [0.25, 0.3) is 0 Å². The lowest BCUT2D eigenvalue weighted by Crippen LogP contribution is -2.36. The molecule has 2 aromatic rings. The average molecular weight is 342 g/mol. The molecule has 1 aromatic heterocycles. The number of aliphatic hydroxyl groups excluding tert-OH is 1. The lowest BCUT2D eigenvalue weighted by Gasteiger charge is -2.33. The van der Waals surface area contributed by atoms with Gasteiger partial charge in [-0.3, -0.25) is 4.79 Å². The predicted octanol–water partition coefficient (Wildman–Crippen LogP) is 2.30. The molecule has 1 saturated carbocycles. The van der Waals surface area contributed by atoms with Crippen LogP contribution in [-0.2, 0) is 0 Å². The first-order valence-electron chi connectivity index (χ1n) is 8.82. The summed E-state index contributed by atoms with van der Waals surface area (Å²) in [5.74, 6) is -1.17. The third-order valence-corrected chi connectivity index (χ3v) is 5.39. The molecule has 0 amide bonds. The zero-order valence-corrected chi connectivity index (χ0v) is 14.2. The first kappa shape index (κ1) is 16.1. The van der Waals surface area contributed by atoms with Gasteiger partial charge in [0, 0.05) is 36.4 Å². The monoisotopic (exact) mass is 342 g/mol. The lowest BCUT2D eigenvalue weighted by atomic mass is 10.0. The Morgan fingerprint density at radius 3 is 2.44 bits per heavy atom. The number of fused-ring (bicyclic) bond motifs is 1. The van der Waals surface area contributed by atoms with Crippen LogP contribution in [-0.4, -0.2) is 39.9 Å². The van der Waals surface area contributed by atoms with Gasteiger partial charge in [-0.05, 0) is 50.3 Å². The molecule has 0 spiro atoms. The minimum atomic E-state index is -1.17. The highest BCUT2D eigenvalue weighted by Crippen LogP contribution is 2.39. The molecule has 2 N–H and O–H groups in total. The van der Waals surface area contributed by atoms with Gasteiger partial charge in [-0.1, -0.05) is 0 Å². The Labute approximate surface area is 145 Å². The number of aromatic nitrogens is 1. The van der Waals surface area contributed by atoms with Crippen LogP contribution in [0.2, 0.25) is 0 Å². The molecule has 1 aliphatic carbocycles. The zero-order valence-electron chi connectivity index (χ0n) is 14.2. The summed E-state index contributed by atoms with van der Waals surface area (Å²) in [4.78, 5) is 26.3. The van der Waals surface area contributed by atoms with Crippen molar-refractivity contribution in [3.8, 4) is 0 Å². The van der Waals surface area contributed by atoms with Crippen LogP contribution in [0.3, 0.4) is 0 Å². The number of hydrogen-bond acceptors (Lipinski definition) is 4. The third kappa shape index (κ3) is 2.70. The number of piperidine rings is 1. The van der Waals surface area contributed by atoms with Gasteiger partial charge in [-0.25, -0.2) is 4.79 Å². The molecule has 1 saturated heterocycles. The highest BCUT2D eigenvalue weighted by atomic mass is 16.4. The van der Waals surface area contributed by atoms with E-state index < -0.39 is 11.4 Å². The molecule has 1 aliphatic heterocycles. The summed E-state index contributed by atoms with van der Waals surface area (Å²) in [7, 11) is 0. The van der Waals surface area contributed by atoms with Gasteiger partial charge in [-0.15, -0.1) is 0 Å². The van der Waals surface area contributed by atoms with Crippen LogP contribution in [0.15, 0.2) is 23.1 Å². The minimum absolute atomic E-state index is 0.160. The third-order valence-electron chi connectivity index (χ3n) is 5.39.